The van der Waals surface area contributed by atoms with Gasteiger partial charge in [0.15, 0.2) is 11.7 Å². The van der Waals surface area contributed by atoms with E-state index in [0.717, 1.165) is 23.3 Å². The Labute approximate surface area is 209 Å². The molecule has 9 heteroatoms. The lowest BCUT2D eigenvalue weighted by atomic mass is 9.98. The second kappa shape index (κ2) is 10.2. The average Bonchev–Trinajstić information content (AvgIpc) is 2.91. The van der Waals surface area contributed by atoms with Gasteiger partial charge in [0, 0.05) is 11.6 Å². The Hall–Kier alpha value is -2.88. The van der Waals surface area contributed by atoms with Crippen LogP contribution in [0.15, 0.2) is 89.5 Å². The lowest BCUT2D eigenvalue weighted by Gasteiger charge is -2.22. The van der Waals surface area contributed by atoms with Crippen molar-refractivity contribution in [3.05, 3.63) is 112 Å². The highest BCUT2D eigenvalue weighted by Gasteiger charge is 2.40. The van der Waals surface area contributed by atoms with Crippen LogP contribution in [0.4, 0.5) is 26.3 Å². The van der Waals surface area contributed by atoms with E-state index in [1.54, 1.807) is 6.07 Å². The number of alkyl halides is 2. The molecule has 0 spiro atoms. The van der Waals surface area contributed by atoms with E-state index < -0.39 is 40.7 Å². The Morgan fingerprint density at radius 2 is 1.44 bits per heavy atom. The molecule has 3 aromatic rings. The number of hydrogen-bond donors (Lipinski definition) is 0. The van der Waals surface area contributed by atoms with Crippen LogP contribution in [0.1, 0.15) is 17.5 Å². The quantitative estimate of drug-likeness (QED) is 0.235. The van der Waals surface area contributed by atoms with Crippen molar-refractivity contribution in [2.45, 2.75) is 19.5 Å². The number of halogens is 6. The molecule has 36 heavy (non-hydrogen) atoms. The molecule has 3 aromatic carbocycles. The van der Waals surface area contributed by atoms with E-state index in [2.05, 4.69) is 4.74 Å². The summed E-state index contributed by atoms with van der Waals surface area (Å²) in [6.45, 7) is 1.93. The van der Waals surface area contributed by atoms with Gasteiger partial charge in [0.05, 0.1) is 0 Å². The molecule has 0 aliphatic heterocycles. The Bertz CT molecular complexity index is 1400. The van der Waals surface area contributed by atoms with Crippen molar-refractivity contribution >= 4 is 23.8 Å². The van der Waals surface area contributed by atoms with Crippen LogP contribution in [0, 0.1) is 18.6 Å². The molecule has 0 aromatic heterocycles. The topological polar surface area (TPSA) is 9.23 Å². The van der Waals surface area contributed by atoms with Crippen LogP contribution in [0.5, 0.6) is 0 Å². The third kappa shape index (κ3) is 5.43. The highest BCUT2D eigenvalue weighted by molar-refractivity contribution is 7.27. The molecule has 186 valence electrons. The summed E-state index contributed by atoms with van der Waals surface area (Å²) in [5, 5.41) is -0.366. The molecule has 0 fully saturated rings. The summed E-state index contributed by atoms with van der Waals surface area (Å²) in [7, 11) is 3.97. The van der Waals surface area contributed by atoms with Crippen molar-refractivity contribution in [2.75, 3.05) is 0 Å². The molecule has 4 rings (SSSR count). The predicted molar refractivity (Wildman–Crippen MR) is 136 cm³/mol. The number of hydrogen-bond acceptors (Lipinski definition) is 1. The van der Waals surface area contributed by atoms with Crippen LogP contribution in [-0.2, 0) is 10.8 Å². The Kier molecular flexibility index (Phi) is 7.45. The number of benzene rings is 3. The Morgan fingerprint density at radius 3 is 2.08 bits per heavy atom. The minimum absolute atomic E-state index is 0.0234. The van der Waals surface area contributed by atoms with Gasteiger partial charge in [-0.2, -0.15) is 8.78 Å². The standard InChI is InChI=1S/C27H20F6OP2/c1-14-2-4-15(5-3-14)16-6-8-19(20(28)10-16)17-11-21(29)25(24(36)12-17)27(32,33)34-18-7-9-23(35)26(31)22(30)13-18/h2-8,10-13H,9,35-36H2,1H3. The monoisotopic (exact) mass is 536 g/mol. The van der Waals surface area contributed by atoms with Gasteiger partial charge in [-0.1, -0.05) is 42.0 Å². The zero-order chi connectivity index (χ0) is 26.2. The second-order valence-corrected chi connectivity index (χ2v) is 9.56. The minimum Gasteiger partial charge on any atom is -0.429 e. The molecule has 0 saturated heterocycles. The first-order valence-corrected chi connectivity index (χ1v) is 11.9. The second-order valence-electron chi connectivity index (χ2n) is 8.24. The molecule has 1 aliphatic rings. The van der Waals surface area contributed by atoms with E-state index in [9.17, 15) is 26.3 Å². The van der Waals surface area contributed by atoms with Gasteiger partial charge < -0.3 is 4.74 Å². The summed E-state index contributed by atoms with van der Waals surface area (Å²) < 4.78 is 92.0. The number of allylic oxidation sites excluding steroid dienone is 5. The van der Waals surface area contributed by atoms with Crippen LogP contribution < -0.4 is 5.30 Å². The summed E-state index contributed by atoms with van der Waals surface area (Å²) in [6, 6.07) is 13.8. The lowest BCUT2D eigenvalue weighted by molar-refractivity contribution is -0.222. The zero-order valence-electron chi connectivity index (χ0n) is 18.9. The highest BCUT2D eigenvalue weighted by Crippen LogP contribution is 2.38. The molecule has 0 N–H and O–H groups in total. The molecule has 0 heterocycles. The van der Waals surface area contributed by atoms with Gasteiger partial charge in [0.2, 0.25) is 0 Å². The van der Waals surface area contributed by atoms with Gasteiger partial charge in [-0.15, -0.1) is 18.5 Å². The maximum absolute atomic E-state index is 15.0. The Balaban J connectivity index is 1.64. The molecule has 0 saturated carbocycles. The molecular formula is C27H20F6OP2. The first-order chi connectivity index (χ1) is 17.0. The van der Waals surface area contributed by atoms with Crippen molar-refractivity contribution in [1.82, 2.24) is 0 Å². The van der Waals surface area contributed by atoms with Gasteiger partial charge in [0.25, 0.3) is 0 Å². The van der Waals surface area contributed by atoms with Gasteiger partial charge in [0.1, 0.15) is 23.0 Å². The third-order valence-electron chi connectivity index (χ3n) is 5.61. The number of ether oxygens (including phenoxy) is 1. The lowest BCUT2D eigenvalue weighted by Crippen LogP contribution is -2.25. The summed E-state index contributed by atoms with van der Waals surface area (Å²) >= 11 is 0. The van der Waals surface area contributed by atoms with Crippen LogP contribution in [0.25, 0.3) is 22.3 Å². The fourth-order valence-electron chi connectivity index (χ4n) is 3.74. The highest BCUT2D eigenvalue weighted by atomic mass is 31.0. The normalized spacial score (nSPS) is 14.4. The molecule has 0 amide bonds. The molecule has 2 unspecified atom stereocenters. The van der Waals surface area contributed by atoms with Crippen LogP contribution >= 0.6 is 18.5 Å². The molecule has 1 aliphatic carbocycles. The Morgan fingerprint density at radius 1 is 0.806 bits per heavy atom. The molecule has 1 nitrogen and oxygen atoms in total. The summed E-state index contributed by atoms with van der Waals surface area (Å²) in [5.74, 6) is -5.24. The average molecular weight is 536 g/mol. The van der Waals surface area contributed by atoms with E-state index in [0.29, 0.717) is 11.6 Å². The molecule has 2 atom stereocenters. The maximum atomic E-state index is 15.0. The van der Waals surface area contributed by atoms with E-state index in [-0.39, 0.29) is 28.2 Å². The van der Waals surface area contributed by atoms with Gasteiger partial charge in [-0.3, -0.25) is 0 Å². The van der Waals surface area contributed by atoms with E-state index in [1.807, 2.05) is 49.7 Å². The fraction of sp³-hybridized carbons (Fsp3) is 0.111. The maximum Gasteiger partial charge on any atom is 0.430 e. The van der Waals surface area contributed by atoms with Crippen molar-refractivity contribution < 1.29 is 31.1 Å². The van der Waals surface area contributed by atoms with E-state index in [1.165, 1.54) is 18.2 Å². The van der Waals surface area contributed by atoms with Gasteiger partial charge in [-0.25, -0.2) is 17.6 Å². The van der Waals surface area contributed by atoms with Gasteiger partial charge in [-0.05, 0) is 64.9 Å². The van der Waals surface area contributed by atoms with Crippen LogP contribution in [0.2, 0.25) is 0 Å². The summed E-state index contributed by atoms with van der Waals surface area (Å²) in [6.07, 6.45) is -2.89. The zero-order valence-corrected chi connectivity index (χ0v) is 21.2. The van der Waals surface area contributed by atoms with Gasteiger partial charge >= 0.3 is 6.11 Å². The van der Waals surface area contributed by atoms with Crippen molar-refractivity contribution in [3.63, 3.8) is 0 Å². The fourth-order valence-corrected chi connectivity index (χ4v) is 4.48. The number of rotatable bonds is 5. The minimum atomic E-state index is -4.22. The smallest absolute Gasteiger partial charge is 0.429 e. The summed E-state index contributed by atoms with van der Waals surface area (Å²) in [5.41, 5.74) is 1.40. The molecule has 0 bridgehead atoms. The van der Waals surface area contributed by atoms with Crippen LogP contribution in [-0.4, -0.2) is 0 Å². The first-order valence-electron chi connectivity index (χ1n) is 10.7. The first kappa shape index (κ1) is 26.2. The van der Waals surface area contributed by atoms with E-state index >= 15 is 0 Å². The van der Waals surface area contributed by atoms with Crippen molar-refractivity contribution in [2.24, 2.45) is 0 Å². The molecular weight excluding hydrogens is 516 g/mol. The van der Waals surface area contributed by atoms with E-state index in [4.69, 9.17) is 0 Å². The van der Waals surface area contributed by atoms with Crippen molar-refractivity contribution in [1.29, 1.82) is 0 Å². The third-order valence-corrected chi connectivity index (χ3v) is 6.55. The molecule has 0 radical (unpaired) electrons. The largest absolute Gasteiger partial charge is 0.430 e. The van der Waals surface area contributed by atoms with Crippen molar-refractivity contribution in [3.8, 4) is 22.3 Å². The number of aryl methyl sites for hydroxylation is 1. The SMILES string of the molecule is Cc1ccc(-c2ccc(-c3cc(F)c(C(F)(F)OC4=CCC(P)=C(F)C(F)=C4)c(P)c3)c(F)c2)cc1. The predicted octanol–water partition coefficient (Wildman–Crippen LogP) is 8.37. The summed E-state index contributed by atoms with van der Waals surface area (Å²) in [4.78, 5) is 0. The van der Waals surface area contributed by atoms with Crippen LogP contribution in [0.3, 0.4) is 0 Å².